The van der Waals surface area contributed by atoms with E-state index in [2.05, 4.69) is 4.98 Å². The fourth-order valence-electron chi connectivity index (χ4n) is 2.08. The molecule has 106 valence electrons. The molecule has 7 nitrogen and oxygen atoms in total. The number of pyridine rings is 1. The number of anilines is 1. The highest BCUT2D eigenvalue weighted by Crippen LogP contribution is 2.46. The average molecular weight is 317 g/mol. The van der Waals surface area contributed by atoms with E-state index in [1.165, 1.54) is 12.3 Å². The molecule has 9 heteroatoms. The molecular formula is C11H9ClN2O5S. The zero-order valence-corrected chi connectivity index (χ0v) is 11.5. The largest absolute Gasteiger partial charge is 0.479 e. The number of furan rings is 1. The van der Waals surface area contributed by atoms with Gasteiger partial charge in [-0.05, 0) is 18.9 Å². The Labute approximate surface area is 120 Å². The van der Waals surface area contributed by atoms with E-state index >= 15 is 0 Å². The summed E-state index contributed by atoms with van der Waals surface area (Å²) in [7, 11) is 0. The van der Waals surface area contributed by atoms with E-state index in [9.17, 15) is 18.7 Å². The molecule has 2 N–H and O–H groups in total. The van der Waals surface area contributed by atoms with E-state index in [1.54, 1.807) is 6.07 Å². The molecule has 1 aliphatic rings. The first-order valence-corrected chi connectivity index (χ1v) is 7.08. The highest BCUT2D eigenvalue weighted by molar-refractivity contribution is 7.80. The predicted molar refractivity (Wildman–Crippen MR) is 71.9 cm³/mol. The Morgan fingerprint density at radius 3 is 2.75 bits per heavy atom. The summed E-state index contributed by atoms with van der Waals surface area (Å²) in [5, 5.41) is 9.89. The van der Waals surface area contributed by atoms with Crippen molar-refractivity contribution in [3.05, 3.63) is 23.5 Å². The van der Waals surface area contributed by atoms with Gasteiger partial charge in [-0.15, -0.1) is 0 Å². The summed E-state index contributed by atoms with van der Waals surface area (Å²) in [5.41, 5.74) is -1.02. The summed E-state index contributed by atoms with van der Waals surface area (Å²) in [6.07, 6.45) is 1.98. The molecule has 1 aliphatic carbocycles. The van der Waals surface area contributed by atoms with Crippen LogP contribution >= 0.6 is 11.6 Å². The number of hydrogen-bond donors (Lipinski definition) is 2. The Bertz CT molecular complexity index is 727. The van der Waals surface area contributed by atoms with Crippen molar-refractivity contribution in [3.8, 4) is 0 Å². The second-order valence-electron chi connectivity index (χ2n) is 4.46. The number of halogens is 1. The summed E-state index contributed by atoms with van der Waals surface area (Å²) in [4.78, 5) is 15.2. The van der Waals surface area contributed by atoms with Gasteiger partial charge < -0.3 is 9.52 Å². The van der Waals surface area contributed by atoms with Gasteiger partial charge in [-0.3, -0.25) is 4.55 Å². The highest BCUT2D eigenvalue weighted by Gasteiger charge is 2.59. The van der Waals surface area contributed by atoms with Crippen LogP contribution in [0.4, 0.5) is 5.88 Å². The molecule has 0 aromatic carbocycles. The Hall–Kier alpha value is -1.64. The van der Waals surface area contributed by atoms with Crippen LogP contribution in [-0.4, -0.2) is 30.4 Å². The lowest BCUT2D eigenvalue weighted by atomic mass is 10.3. The van der Waals surface area contributed by atoms with Gasteiger partial charge in [-0.1, -0.05) is 11.6 Å². The number of carbonyl (C=O) groups is 1. The minimum Gasteiger partial charge on any atom is -0.479 e. The first-order chi connectivity index (χ1) is 9.45. The molecule has 1 saturated carbocycles. The van der Waals surface area contributed by atoms with Crippen LogP contribution in [0.3, 0.4) is 0 Å². The number of hydrogen-bond acceptors (Lipinski definition) is 4. The number of rotatable bonds is 4. The second-order valence-corrected chi connectivity index (χ2v) is 5.64. The lowest BCUT2D eigenvalue weighted by Crippen LogP contribution is -2.44. The molecule has 1 atom stereocenters. The maximum absolute atomic E-state index is 11.5. The van der Waals surface area contributed by atoms with Crippen molar-refractivity contribution >= 4 is 45.7 Å². The molecule has 0 aliphatic heterocycles. The van der Waals surface area contributed by atoms with E-state index in [1.807, 2.05) is 0 Å². The van der Waals surface area contributed by atoms with Crippen LogP contribution in [0.2, 0.25) is 5.15 Å². The van der Waals surface area contributed by atoms with Crippen molar-refractivity contribution in [2.45, 2.75) is 18.4 Å². The van der Waals surface area contributed by atoms with Gasteiger partial charge in [0, 0.05) is 12.3 Å². The van der Waals surface area contributed by atoms with Crippen molar-refractivity contribution in [2.75, 3.05) is 4.31 Å². The van der Waals surface area contributed by atoms with Crippen molar-refractivity contribution in [3.63, 3.8) is 0 Å². The van der Waals surface area contributed by atoms with E-state index in [0.717, 1.165) is 4.31 Å². The van der Waals surface area contributed by atoms with Gasteiger partial charge in [0.25, 0.3) is 11.3 Å². The smallest absolute Gasteiger partial charge is 0.330 e. The first-order valence-electron chi connectivity index (χ1n) is 5.64. The third-order valence-electron chi connectivity index (χ3n) is 3.25. The van der Waals surface area contributed by atoms with Crippen molar-refractivity contribution in [1.82, 2.24) is 4.98 Å². The zero-order valence-electron chi connectivity index (χ0n) is 9.95. The number of carboxylic acids is 1. The van der Waals surface area contributed by atoms with Crippen LogP contribution in [0.5, 0.6) is 0 Å². The maximum Gasteiger partial charge on any atom is 0.330 e. The van der Waals surface area contributed by atoms with E-state index in [-0.39, 0.29) is 23.9 Å². The molecular weight excluding hydrogens is 308 g/mol. The molecule has 3 rings (SSSR count). The van der Waals surface area contributed by atoms with E-state index < -0.39 is 22.8 Å². The molecule has 2 aromatic rings. The van der Waals surface area contributed by atoms with Crippen LogP contribution < -0.4 is 4.31 Å². The molecule has 1 unspecified atom stereocenters. The molecule has 0 amide bonds. The summed E-state index contributed by atoms with van der Waals surface area (Å²) in [6, 6.07) is 2.96. The summed E-state index contributed by atoms with van der Waals surface area (Å²) >= 11 is 3.38. The SMILES string of the molecule is O=C(O)C1(N(c2cc3c(Cl)nccc3o2)S(=O)O)CC1. The maximum atomic E-state index is 11.5. The van der Waals surface area contributed by atoms with Crippen LogP contribution in [0.1, 0.15) is 12.8 Å². The molecule has 0 saturated heterocycles. The van der Waals surface area contributed by atoms with Crippen LogP contribution in [-0.2, 0) is 16.1 Å². The normalized spacial score (nSPS) is 17.9. The standard InChI is InChI=1S/C11H9ClN2O5S/c12-9-6-5-8(19-7(6)1-4-13-9)14(20(17)18)11(2-3-11)10(15)16/h1,4-5H,2-3H2,(H,15,16)(H,17,18). The Kier molecular flexibility index (Phi) is 2.96. The zero-order chi connectivity index (χ0) is 14.5. The minimum atomic E-state index is -2.52. The summed E-state index contributed by atoms with van der Waals surface area (Å²) < 4.78 is 27.2. The molecule has 0 bridgehead atoms. The Morgan fingerprint density at radius 2 is 2.25 bits per heavy atom. The van der Waals surface area contributed by atoms with Crippen LogP contribution in [0.25, 0.3) is 11.0 Å². The fourth-order valence-corrected chi connectivity index (χ4v) is 3.08. The van der Waals surface area contributed by atoms with Gasteiger partial charge in [0.1, 0.15) is 10.7 Å². The summed E-state index contributed by atoms with van der Waals surface area (Å²) in [5.74, 6) is -1.18. The lowest BCUT2D eigenvalue weighted by molar-refractivity contribution is -0.139. The fraction of sp³-hybridized carbons (Fsp3) is 0.273. The van der Waals surface area contributed by atoms with Crippen LogP contribution in [0.15, 0.2) is 22.7 Å². The topological polar surface area (TPSA) is 104 Å². The van der Waals surface area contributed by atoms with Crippen LogP contribution in [0, 0.1) is 0 Å². The number of carboxylic acid groups (broad SMARTS) is 1. The molecule has 1 fully saturated rings. The monoisotopic (exact) mass is 316 g/mol. The number of aromatic nitrogens is 1. The van der Waals surface area contributed by atoms with Gasteiger partial charge in [0.2, 0.25) is 5.88 Å². The first kappa shape index (κ1) is 13.3. The third kappa shape index (κ3) is 1.88. The Balaban J connectivity index is 2.14. The van der Waals surface area contributed by atoms with Crippen molar-refractivity contribution in [2.24, 2.45) is 0 Å². The molecule has 20 heavy (non-hydrogen) atoms. The van der Waals surface area contributed by atoms with Crippen molar-refractivity contribution < 1.29 is 23.1 Å². The van der Waals surface area contributed by atoms with Gasteiger partial charge in [0.05, 0.1) is 5.39 Å². The quantitative estimate of drug-likeness (QED) is 0.660. The third-order valence-corrected chi connectivity index (χ3v) is 4.39. The summed E-state index contributed by atoms with van der Waals surface area (Å²) in [6.45, 7) is 0. The number of nitrogens with zero attached hydrogens (tertiary/aromatic N) is 2. The van der Waals surface area contributed by atoms with E-state index in [4.69, 9.17) is 16.0 Å². The van der Waals surface area contributed by atoms with Gasteiger partial charge in [-0.2, -0.15) is 0 Å². The van der Waals surface area contributed by atoms with Gasteiger partial charge in [-0.25, -0.2) is 18.3 Å². The van der Waals surface area contributed by atoms with Gasteiger partial charge >= 0.3 is 5.97 Å². The second kappa shape index (κ2) is 4.44. The van der Waals surface area contributed by atoms with E-state index in [0.29, 0.717) is 11.0 Å². The Morgan fingerprint density at radius 1 is 1.55 bits per heavy atom. The minimum absolute atomic E-state index is 0.0179. The predicted octanol–water partition coefficient (Wildman–Crippen LogP) is 2.04. The van der Waals surface area contributed by atoms with Gasteiger partial charge in [0.15, 0.2) is 5.54 Å². The molecule has 0 spiro atoms. The number of fused-ring (bicyclic) bond motifs is 1. The molecule has 2 heterocycles. The van der Waals surface area contributed by atoms with Crippen molar-refractivity contribution in [1.29, 1.82) is 0 Å². The highest BCUT2D eigenvalue weighted by atomic mass is 35.5. The lowest BCUT2D eigenvalue weighted by Gasteiger charge is -2.23. The molecule has 0 radical (unpaired) electrons. The average Bonchev–Trinajstić information content (AvgIpc) is 3.03. The molecule has 2 aromatic heterocycles. The number of aliphatic carboxylic acids is 1.